The molecule has 0 aliphatic carbocycles. The van der Waals surface area contributed by atoms with E-state index >= 15 is 0 Å². The number of amides is 1. The van der Waals surface area contributed by atoms with Crippen molar-refractivity contribution >= 4 is 11.8 Å². The van der Waals surface area contributed by atoms with Crippen molar-refractivity contribution < 1.29 is 23.9 Å². The van der Waals surface area contributed by atoms with Gasteiger partial charge in [0.15, 0.2) is 0 Å². The highest BCUT2D eigenvalue weighted by atomic mass is 16.6. The van der Waals surface area contributed by atoms with Gasteiger partial charge in [-0.15, -0.1) is 0 Å². The van der Waals surface area contributed by atoms with Crippen molar-refractivity contribution in [2.24, 2.45) is 5.92 Å². The van der Waals surface area contributed by atoms with E-state index in [1.807, 2.05) is 6.92 Å². The maximum Gasteiger partial charge on any atom is 0.407 e. The van der Waals surface area contributed by atoms with Gasteiger partial charge in [-0.3, -0.25) is 10.1 Å². The van der Waals surface area contributed by atoms with Crippen LogP contribution in [0.15, 0.2) is 6.20 Å². The zero-order valence-corrected chi connectivity index (χ0v) is 15.1. The van der Waals surface area contributed by atoms with Crippen LogP contribution in [-0.2, 0) is 4.74 Å². The van der Waals surface area contributed by atoms with Gasteiger partial charge in [-0.25, -0.2) is 4.79 Å². The maximum atomic E-state index is 11.6. The molecule has 1 rings (SSSR count). The van der Waals surface area contributed by atoms with Gasteiger partial charge in [0.05, 0.1) is 18.6 Å². The van der Waals surface area contributed by atoms with Crippen LogP contribution in [0.1, 0.15) is 34.1 Å². The van der Waals surface area contributed by atoms with Crippen LogP contribution < -0.4 is 14.8 Å². The average molecular weight is 356 g/mol. The van der Waals surface area contributed by atoms with Crippen LogP contribution in [0.4, 0.5) is 10.5 Å². The summed E-state index contributed by atoms with van der Waals surface area (Å²) in [4.78, 5) is 29.3. The van der Waals surface area contributed by atoms with E-state index in [9.17, 15) is 14.9 Å². The van der Waals surface area contributed by atoms with E-state index in [0.717, 1.165) is 6.20 Å². The molecule has 0 fully saturated rings. The van der Waals surface area contributed by atoms with Crippen LogP contribution in [0.3, 0.4) is 0 Å². The predicted molar refractivity (Wildman–Crippen MR) is 88.8 cm³/mol. The molecule has 0 aliphatic heterocycles. The fraction of sp³-hybridized carbons (Fsp3) is 0.667. The summed E-state index contributed by atoms with van der Waals surface area (Å²) in [6.45, 7) is 8.05. The summed E-state index contributed by atoms with van der Waals surface area (Å²) in [5, 5.41) is 13.5. The van der Waals surface area contributed by atoms with E-state index < -0.39 is 16.6 Å². The normalized spacial score (nSPS) is 12.2. The lowest BCUT2D eigenvalue weighted by Gasteiger charge is -2.20. The van der Waals surface area contributed by atoms with Gasteiger partial charge in [-0.1, -0.05) is 6.92 Å². The first-order valence-corrected chi connectivity index (χ1v) is 7.77. The number of rotatable bonds is 8. The van der Waals surface area contributed by atoms with Gasteiger partial charge in [0.1, 0.15) is 11.8 Å². The zero-order chi connectivity index (χ0) is 19.0. The number of nitrogens with one attached hydrogen (secondary N) is 1. The van der Waals surface area contributed by atoms with Crippen LogP contribution in [-0.4, -0.2) is 46.8 Å². The summed E-state index contributed by atoms with van der Waals surface area (Å²) in [6.07, 6.45) is 1.19. The van der Waals surface area contributed by atoms with Crippen LogP contribution in [0.2, 0.25) is 0 Å². The SMILES string of the molecule is COc1nc(OCCC(C)CNC(=O)OC(C)(C)C)ncc1[N+](=O)[O-]. The second-order valence-corrected chi connectivity index (χ2v) is 6.43. The summed E-state index contributed by atoms with van der Waals surface area (Å²) >= 11 is 0. The molecule has 0 radical (unpaired) electrons. The Hall–Kier alpha value is -2.65. The average Bonchev–Trinajstić information content (AvgIpc) is 2.51. The molecule has 0 saturated heterocycles. The smallest absolute Gasteiger partial charge is 0.407 e. The Morgan fingerprint density at radius 3 is 2.68 bits per heavy atom. The quantitative estimate of drug-likeness (QED) is 0.555. The van der Waals surface area contributed by atoms with Gasteiger partial charge in [-0.05, 0) is 33.1 Å². The lowest BCUT2D eigenvalue weighted by atomic mass is 10.1. The molecular formula is C15H24N4O6. The predicted octanol–water partition coefficient (Wildman–Crippen LogP) is 2.32. The van der Waals surface area contributed by atoms with Crippen molar-refractivity contribution in [3.05, 3.63) is 16.3 Å². The summed E-state index contributed by atoms with van der Waals surface area (Å²) < 4.78 is 15.4. The third-order valence-electron chi connectivity index (χ3n) is 2.94. The fourth-order valence-electron chi connectivity index (χ4n) is 1.71. The first-order chi connectivity index (χ1) is 11.6. The minimum atomic E-state index is -0.632. The number of aromatic nitrogens is 2. The minimum Gasteiger partial charge on any atom is -0.476 e. The van der Waals surface area contributed by atoms with Crippen molar-refractivity contribution in [1.82, 2.24) is 15.3 Å². The van der Waals surface area contributed by atoms with E-state index in [-0.39, 0.29) is 30.1 Å². The van der Waals surface area contributed by atoms with Crippen LogP contribution >= 0.6 is 0 Å². The highest BCUT2D eigenvalue weighted by Crippen LogP contribution is 2.24. The molecule has 0 spiro atoms. The number of alkyl carbamates (subject to hydrolysis) is 1. The van der Waals surface area contributed by atoms with E-state index in [2.05, 4.69) is 15.3 Å². The maximum absolute atomic E-state index is 11.6. The van der Waals surface area contributed by atoms with Gasteiger partial charge in [-0.2, -0.15) is 9.97 Å². The van der Waals surface area contributed by atoms with Gasteiger partial charge < -0.3 is 19.5 Å². The Morgan fingerprint density at radius 1 is 1.44 bits per heavy atom. The molecule has 10 nitrogen and oxygen atoms in total. The molecule has 10 heteroatoms. The van der Waals surface area contributed by atoms with Gasteiger partial charge in [0, 0.05) is 6.54 Å². The molecule has 1 aromatic heterocycles. The summed E-state index contributed by atoms with van der Waals surface area (Å²) in [6, 6.07) is -0.00486. The van der Waals surface area contributed by atoms with Gasteiger partial charge >= 0.3 is 17.8 Å². The van der Waals surface area contributed by atoms with Gasteiger partial charge in [0.25, 0.3) is 5.88 Å². The minimum absolute atomic E-state index is 0.00486. The van der Waals surface area contributed by atoms with E-state index in [0.29, 0.717) is 13.0 Å². The van der Waals surface area contributed by atoms with Crippen LogP contribution in [0.5, 0.6) is 11.9 Å². The molecule has 0 saturated carbocycles. The molecule has 0 aromatic carbocycles. The molecule has 1 unspecified atom stereocenters. The number of hydrogen-bond acceptors (Lipinski definition) is 8. The summed E-state index contributed by atoms with van der Waals surface area (Å²) in [5.74, 6) is -0.0258. The standard InChI is InChI=1S/C15H24N4O6/c1-10(8-17-14(20)25-15(2,3)4)6-7-24-13-16-9-11(19(21)22)12(18-13)23-5/h9-10H,6-8H2,1-5H3,(H,17,20). The summed E-state index contributed by atoms with van der Waals surface area (Å²) in [7, 11) is 1.28. The van der Waals surface area contributed by atoms with Crippen LogP contribution in [0, 0.1) is 16.0 Å². The molecule has 140 valence electrons. The molecule has 1 heterocycles. The number of ether oxygens (including phenoxy) is 3. The third-order valence-corrected chi connectivity index (χ3v) is 2.94. The van der Waals surface area contributed by atoms with Crippen LogP contribution in [0.25, 0.3) is 0 Å². The first kappa shape index (κ1) is 20.4. The second-order valence-electron chi connectivity index (χ2n) is 6.43. The highest BCUT2D eigenvalue weighted by molar-refractivity contribution is 5.67. The lowest BCUT2D eigenvalue weighted by molar-refractivity contribution is -0.386. The Bertz CT molecular complexity index is 602. The largest absolute Gasteiger partial charge is 0.476 e. The molecular weight excluding hydrogens is 332 g/mol. The second kappa shape index (κ2) is 9.00. The number of nitro groups is 1. The molecule has 0 aliphatic rings. The number of carbonyl (C=O) groups is 1. The molecule has 0 bridgehead atoms. The molecule has 1 atom stereocenters. The van der Waals surface area contributed by atoms with Crippen molar-refractivity contribution in [3.8, 4) is 11.9 Å². The molecule has 1 N–H and O–H groups in total. The zero-order valence-electron chi connectivity index (χ0n) is 15.1. The Balaban J connectivity index is 2.39. The molecule has 1 aromatic rings. The van der Waals surface area contributed by atoms with Gasteiger partial charge in [0.2, 0.25) is 0 Å². The Labute approximate surface area is 146 Å². The third kappa shape index (κ3) is 7.64. The summed E-state index contributed by atoms with van der Waals surface area (Å²) in [5.41, 5.74) is -0.868. The lowest BCUT2D eigenvalue weighted by Crippen LogP contribution is -2.35. The Morgan fingerprint density at radius 2 is 2.12 bits per heavy atom. The number of nitrogens with zero attached hydrogens (tertiary/aromatic N) is 3. The van der Waals surface area contributed by atoms with Crippen molar-refractivity contribution in [1.29, 1.82) is 0 Å². The van der Waals surface area contributed by atoms with Crippen molar-refractivity contribution in [2.75, 3.05) is 20.3 Å². The topological polar surface area (TPSA) is 126 Å². The van der Waals surface area contributed by atoms with Crippen molar-refractivity contribution in [3.63, 3.8) is 0 Å². The first-order valence-electron chi connectivity index (χ1n) is 7.77. The number of methoxy groups -OCH3 is 1. The Kier molecular flexibility index (Phi) is 7.34. The van der Waals surface area contributed by atoms with E-state index in [4.69, 9.17) is 14.2 Å². The monoisotopic (exact) mass is 356 g/mol. The van der Waals surface area contributed by atoms with E-state index in [1.165, 1.54) is 7.11 Å². The fourth-order valence-corrected chi connectivity index (χ4v) is 1.71. The van der Waals surface area contributed by atoms with Crippen molar-refractivity contribution in [2.45, 2.75) is 39.7 Å². The molecule has 25 heavy (non-hydrogen) atoms. The number of hydrogen-bond donors (Lipinski definition) is 1. The number of carbonyl (C=O) groups excluding carboxylic acids is 1. The molecule has 1 amide bonds. The highest BCUT2D eigenvalue weighted by Gasteiger charge is 2.19. The van der Waals surface area contributed by atoms with E-state index in [1.54, 1.807) is 20.8 Å².